The summed E-state index contributed by atoms with van der Waals surface area (Å²) in [5.41, 5.74) is 2.63. The van der Waals surface area contributed by atoms with Crippen LogP contribution in [-0.2, 0) is 6.42 Å². The van der Waals surface area contributed by atoms with E-state index in [-0.39, 0.29) is 0 Å². The van der Waals surface area contributed by atoms with E-state index in [1.807, 2.05) is 0 Å². The fourth-order valence-electron chi connectivity index (χ4n) is 2.05. The minimum atomic E-state index is 0.342. The van der Waals surface area contributed by atoms with E-state index in [2.05, 4.69) is 77.5 Å². The molecule has 0 radical (unpaired) electrons. The topological polar surface area (TPSA) is 9.23 Å². The summed E-state index contributed by atoms with van der Waals surface area (Å²) in [6.07, 6.45) is 3.27. The van der Waals surface area contributed by atoms with Crippen LogP contribution >= 0.6 is 15.9 Å². The second kappa shape index (κ2) is 8.11. The fraction of sp³-hybridized carbons (Fsp3) is 0.333. The van der Waals surface area contributed by atoms with Crippen molar-refractivity contribution in [1.29, 1.82) is 0 Å². The molecule has 2 aromatic rings. The Labute approximate surface area is 130 Å². The molecule has 2 heteroatoms. The fourth-order valence-corrected chi connectivity index (χ4v) is 2.73. The van der Waals surface area contributed by atoms with Crippen molar-refractivity contribution in [2.75, 3.05) is 6.61 Å². The third-order valence-corrected chi connectivity index (χ3v) is 4.12. The molecule has 0 saturated carbocycles. The average molecular weight is 333 g/mol. The summed E-state index contributed by atoms with van der Waals surface area (Å²) in [4.78, 5) is 0.342. The summed E-state index contributed by atoms with van der Waals surface area (Å²) in [5.74, 6) is 0.960. The third-order valence-electron chi connectivity index (χ3n) is 3.27. The molecule has 0 spiro atoms. The Bertz CT molecular complexity index is 493. The van der Waals surface area contributed by atoms with Crippen molar-refractivity contribution in [3.8, 4) is 5.75 Å². The van der Waals surface area contributed by atoms with E-state index in [0.29, 0.717) is 4.83 Å². The van der Waals surface area contributed by atoms with Crippen molar-refractivity contribution in [3.05, 3.63) is 65.7 Å². The molecule has 0 aliphatic heterocycles. The maximum atomic E-state index is 5.68. The van der Waals surface area contributed by atoms with E-state index < -0.39 is 0 Å². The summed E-state index contributed by atoms with van der Waals surface area (Å²) in [6.45, 7) is 2.98. The predicted octanol–water partition coefficient (Wildman–Crippen LogP) is 5.54. The number of unbranched alkanes of at least 4 members (excludes halogenated alkanes) is 1. The van der Waals surface area contributed by atoms with Crippen LogP contribution in [0.5, 0.6) is 5.75 Å². The van der Waals surface area contributed by atoms with Crippen LogP contribution in [0.4, 0.5) is 0 Å². The van der Waals surface area contributed by atoms with Crippen molar-refractivity contribution in [1.82, 2.24) is 0 Å². The molecule has 2 rings (SSSR count). The van der Waals surface area contributed by atoms with Crippen LogP contribution in [0.15, 0.2) is 54.6 Å². The Morgan fingerprint density at radius 3 is 2.35 bits per heavy atom. The number of ether oxygens (including phenoxy) is 1. The molecule has 1 atom stereocenters. The van der Waals surface area contributed by atoms with Crippen LogP contribution in [0.2, 0.25) is 0 Å². The quantitative estimate of drug-likeness (QED) is 0.477. The van der Waals surface area contributed by atoms with E-state index in [0.717, 1.165) is 25.2 Å². The van der Waals surface area contributed by atoms with Gasteiger partial charge in [0.15, 0.2) is 0 Å². The van der Waals surface area contributed by atoms with Crippen LogP contribution in [0, 0.1) is 0 Å². The molecule has 0 N–H and O–H groups in total. The highest BCUT2D eigenvalue weighted by atomic mass is 79.9. The van der Waals surface area contributed by atoms with Gasteiger partial charge in [-0.25, -0.2) is 0 Å². The summed E-state index contributed by atoms with van der Waals surface area (Å²) in [5, 5.41) is 0. The largest absolute Gasteiger partial charge is 0.494 e. The lowest BCUT2D eigenvalue weighted by Crippen LogP contribution is -1.98. The van der Waals surface area contributed by atoms with Gasteiger partial charge in [0.05, 0.1) is 6.61 Å². The second-order valence-electron chi connectivity index (χ2n) is 4.93. The summed E-state index contributed by atoms with van der Waals surface area (Å²) in [7, 11) is 0. The zero-order valence-electron chi connectivity index (χ0n) is 11.9. The van der Waals surface area contributed by atoms with Gasteiger partial charge in [-0.15, -0.1) is 0 Å². The van der Waals surface area contributed by atoms with Crippen LogP contribution in [-0.4, -0.2) is 6.61 Å². The van der Waals surface area contributed by atoms with Crippen LogP contribution in [0.25, 0.3) is 0 Å². The van der Waals surface area contributed by atoms with Gasteiger partial charge in [0.1, 0.15) is 5.75 Å². The number of halogens is 1. The van der Waals surface area contributed by atoms with Gasteiger partial charge in [0.2, 0.25) is 0 Å². The van der Waals surface area contributed by atoms with E-state index >= 15 is 0 Å². The summed E-state index contributed by atoms with van der Waals surface area (Å²) < 4.78 is 5.68. The first-order valence-electron chi connectivity index (χ1n) is 7.20. The van der Waals surface area contributed by atoms with Gasteiger partial charge in [0, 0.05) is 4.83 Å². The summed E-state index contributed by atoms with van der Waals surface area (Å²) >= 11 is 3.77. The number of rotatable bonds is 7. The first-order chi connectivity index (χ1) is 9.79. The molecule has 1 nitrogen and oxygen atoms in total. The number of alkyl halides is 1. The Morgan fingerprint density at radius 1 is 1.00 bits per heavy atom. The molecular weight excluding hydrogens is 312 g/mol. The van der Waals surface area contributed by atoms with Crippen LogP contribution in [0.3, 0.4) is 0 Å². The first-order valence-corrected chi connectivity index (χ1v) is 8.12. The van der Waals surface area contributed by atoms with E-state index in [4.69, 9.17) is 4.74 Å². The van der Waals surface area contributed by atoms with Crippen molar-refractivity contribution in [3.63, 3.8) is 0 Å². The highest BCUT2D eigenvalue weighted by molar-refractivity contribution is 9.09. The molecule has 0 amide bonds. The molecule has 2 aromatic carbocycles. The van der Waals surface area contributed by atoms with Crippen LogP contribution in [0.1, 0.15) is 35.7 Å². The van der Waals surface area contributed by atoms with Gasteiger partial charge in [-0.2, -0.15) is 0 Å². The number of hydrogen-bond acceptors (Lipinski definition) is 1. The lowest BCUT2D eigenvalue weighted by molar-refractivity contribution is 0.309. The monoisotopic (exact) mass is 332 g/mol. The van der Waals surface area contributed by atoms with Crippen molar-refractivity contribution >= 4 is 15.9 Å². The van der Waals surface area contributed by atoms with Crippen LogP contribution < -0.4 is 4.74 Å². The van der Waals surface area contributed by atoms with Gasteiger partial charge in [0.25, 0.3) is 0 Å². The molecule has 0 aliphatic rings. The lowest BCUT2D eigenvalue weighted by atomic mass is 10.0. The molecule has 0 saturated heterocycles. The second-order valence-corrected chi connectivity index (χ2v) is 6.03. The van der Waals surface area contributed by atoms with Crippen molar-refractivity contribution in [2.24, 2.45) is 0 Å². The maximum absolute atomic E-state index is 5.68. The SMILES string of the molecule is CCCCOc1ccc(C(Br)Cc2ccccc2)cc1. The Kier molecular flexibility index (Phi) is 6.13. The number of hydrogen-bond donors (Lipinski definition) is 0. The zero-order valence-corrected chi connectivity index (χ0v) is 13.5. The molecule has 0 fully saturated rings. The molecule has 0 aromatic heterocycles. The Balaban J connectivity index is 1.92. The smallest absolute Gasteiger partial charge is 0.119 e. The predicted molar refractivity (Wildman–Crippen MR) is 88.7 cm³/mol. The molecule has 1 unspecified atom stereocenters. The molecular formula is C18H21BrO. The highest BCUT2D eigenvalue weighted by Crippen LogP contribution is 2.28. The molecule has 0 aliphatic carbocycles. The minimum Gasteiger partial charge on any atom is -0.494 e. The van der Waals surface area contributed by atoms with Gasteiger partial charge >= 0.3 is 0 Å². The minimum absolute atomic E-state index is 0.342. The van der Waals surface area contributed by atoms with Gasteiger partial charge in [-0.1, -0.05) is 71.7 Å². The Hall–Kier alpha value is -1.28. The number of benzene rings is 2. The average Bonchev–Trinajstić information content (AvgIpc) is 2.49. The normalized spacial score (nSPS) is 12.1. The Morgan fingerprint density at radius 2 is 1.70 bits per heavy atom. The molecule has 106 valence electrons. The maximum Gasteiger partial charge on any atom is 0.119 e. The van der Waals surface area contributed by atoms with Crippen molar-refractivity contribution in [2.45, 2.75) is 31.0 Å². The van der Waals surface area contributed by atoms with Gasteiger partial charge in [-0.3, -0.25) is 0 Å². The third kappa shape index (κ3) is 4.68. The van der Waals surface area contributed by atoms with E-state index in [1.54, 1.807) is 0 Å². The first kappa shape index (κ1) is 15.1. The zero-order chi connectivity index (χ0) is 14.2. The lowest BCUT2D eigenvalue weighted by Gasteiger charge is -2.11. The van der Waals surface area contributed by atoms with E-state index in [1.165, 1.54) is 17.5 Å². The molecule has 20 heavy (non-hydrogen) atoms. The van der Waals surface area contributed by atoms with Gasteiger partial charge in [-0.05, 0) is 36.1 Å². The van der Waals surface area contributed by atoms with E-state index in [9.17, 15) is 0 Å². The molecule has 0 heterocycles. The molecule has 0 bridgehead atoms. The standard InChI is InChI=1S/C18H21BrO/c1-2-3-13-20-17-11-9-16(10-12-17)18(19)14-15-7-5-4-6-8-15/h4-12,18H,2-3,13-14H2,1H3. The van der Waals surface area contributed by atoms with Crippen molar-refractivity contribution < 1.29 is 4.74 Å². The summed E-state index contributed by atoms with van der Waals surface area (Å²) in [6, 6.07) is 18.9. The highest BCUT2D eigenvalue weighted by Gasteiger charge is 2.08. The van der Waals surface area contributed by atoms with Gasteiger partial charge < -0.3 is 4.74 Å².